The number of carboxylic acid groups (broad SMARTS) is 1. The third-order valence-corrected chi connectivity index (χ3v) is 4.48. The minimum Gasteiger partial charge on any atom is -0.550 e. The van der Waals surface area contributed by atoms with Crippen LogP contribution in [0.25, 0.3) is 0 Å². The van der Waals surface area contributed by atoms with Crippen molar-refractivity contribution in [3.8, 4) is 0 Å². The number of hydrogen-bond acceptors (Lipinski definition) is 4. The maximum Gasteiger partial charge on any atom is 0.410 e. The number of hydrogen-bond donors (Lipinski definition) is 0. The number of carbonyl (C=O) groups excluding carboxylic acids is 2. The normalized spacial score (nSPS) is 27.4. The zero-order valence-electron chi connectivity index (χ0n) is 11.7. The van der Waals surface area contributed by atoms with E-state index in [4.69, 9.17) is 4.74 Å². The third kappa shape index (κ3) is 2.86. The van der Waals surface area contributed by atoms with Gasteiger partial charge in [0.2, 0.25) is 0 Å². The summed E-state index contributed by atoms with van der Waals surface area (Å²) in [5.74, 6) is -1.43. The topological polar surface area (TPSA) is 69.7 Å². The Labute approximate surface area is 123 Å². The summed E-state index contributed by atoms with van der Waals surface area (Å²) in [4.78, 5) is 25.0. The molecule has 1 aromatic carbocycles. The largest absolute Gasteiger partial charge is 0.550 e. The first-order chi connectivity index (χ1) is 10.1. The van der Waals surface area contributed by atoms with Gasteiger partial charge in [-0.3, -0.25) is 0 Å². The van der Waals surface area contributed by atoms with Crippen LogP contribution in [0.3, 0.4) is 0 Å². The number of nitrogens with zero attached hydrogens (tertiary/aromatic N) is 1. The van der Waals surface area contributed by atoms with Crippen LogP contribution in [0.2, 0.25) is 0 Å². The van der Waals surface area contributed by atoms with Crippen molar-refractivity contribution in [3.05, 3.63) is 35.9 Å². The molecule has 2 unspecified atom stereocenters. The molecule has 21 heavy (non-hydrogen) atoms. The Hall–Kier alpha value is -2.04. The molecule has 2 bridgehead atoms. The molecular weight excluding hydrogens is 270 g/mol. The molecule has 2 aliphatic heterocycles. The molecule has 0 radical (unpaired) electrons. The zero-order chi connectivity index (χ0) is 14.8. The standard InChI is InChI=1S/C16H19NO4/c18-15(19)12-8-13-6-7-14(9-12)17(13)16(20)21-10-11-4-2-1-3-5-11/h1-5,12-14H,6-10H2,(H,18,19)/p-1. The van der Waals surface area contributed by atoms with Gasteiger partial charge in [0.1, 0.15) is 6.61 Å². The number of rotatable bonds is 3. The monoisotopic (exact) mass is 288 g/mol. The van der Waals surface area contributed by atoms with Crippen LogP contribution in [-0.4, -0.2) is 29.0 Å². The summed E-state index contributed by atoms with van der Waals surface area (Å²) in [7, 11) is 0. The van der Waals surface area contributed by atoms with Gasteiger partial charge >= 0.3 is 6.09 Å². The van der Waals surface area contributed by atoms with Crippen LogP contribution in [0, 0.1) is 5.92 Å². The number of piperidine rings is 1. The lowest BCUT2D eigenvalue weighted by Gasteiger charge is -2.38. The van der Waals surface area contributed by atoms with E-state index < -0.39 is 11.9 Å². The maximum absolute atomic E-state index is 12.2. The summed E-state index contributed by atoms with van der Waals surface area (Å²) in [6.07, 6.45) is 2.35. The Balaban J connectivity index is 1.60. The fourth-order valence-electron chi connectivity index (χ4n) is 3.46. The molecule has 112 valence electrons. The van der Waals surface area contributed by atoms with Crippen molar-refractivity contribution in [3.63, 3.8) is 0 Å². The predicted octanol–water partition coefficient (Wildman–Crippen LogP) is 1.32. The highest BCUT2D eigenvalue weighted by Gasteiger charge is 2.44. The second-order valence-corrected chi connectivity index (χ2v) is 5.82. The average molecular weight is 288 g/mol. The average Bonchev–Trinajstić information content (AvgIpc) is 2.75. The van der Waals surface area contributed by atoms with Gasteiger partial charge in [-0.1, -0.05) is 30.3 Å². The van der Waals surface area contributed by atoms with Crippen LogP contribution in [0.4, 0.5) is 4.79 Å². The highest BCUT2D eigenvalue weighted by molar-refractivity contribution is 5.72. The summed E-state index contributed by atoms with van der Waals surface area (Å²) in [5.41, 5.74) is 0.947. The number of benzene rings is 1. The van der Waals surface area contributed by atoms with Crippen molar-refractivity contribution in [1.82, 2.24) is 4.90 Å². The molecule has 5 heteroatoms. The van der Waals surface area contributed by atoms with E-state index in [1.54, 1.807) is 4.90 Å². The highest BCUT2D eigenvalue weighted by Crippen LogP contribution is 2.38. The molecule has 2 heterocycles. The van der Waals surface area contributed by atoms with Gasteiger partial charge in [0.05, 0.1) is 0 Å². The Morgan fingerprint density at radius 3 is 2.33 bits per heavy atom. The zero-order valence-corrected chi connectivity index (χ0v) is 11.7. The van der Waals surface area contributed by atoms with E-state index >= 15 is 0 Å². The lowest BCUT2D eigenvalue weighted by Crippen LogP contribution is -2.50. The Morgan fingerprint density at radius 1 is 1.14 bits per heavy atom. The first-order valence-electron chi connectivity index (χ1n) is 7.35. The lowest BCUT2D eigenvalue weighted by atomic mass is 9.91. The minimum absolute atomic E-state index is 0.0186. The fraction of sp³-hybridized carbons (Fsp3) is 0.500. The fourth-order valence-corrected chi connectivity index (χ4v) is 3.46. The Morgan fingerprint density at radius 2 is 1.76 bits per heavy atom. The van der Waals surface area contributed by atoms with Crippen LogP contribution in [0.1, 0.15) is 31.2 Å². The molecular formula is C16H18NO4-. The molecule has 1 amide bonds. The molecule has 2 atom stereocenters. The molecule has 0 aromatic heterocycles. The van der Waals surface area contributed by atoms with Crippen molar-refractivity contribution < 1.29 is 19.4 Å². The van der Waals surface area contributed by atoms with Gasteiger partial charge in [-0.05, 0) is 31.2 Å². The molecule has 2 saturated heterocycles. The van der Waals surface area contributed by atoms with Gasteiger partial charge in [0, 0.05) is 24.0 Å². The van der Waals surface area contributed by atoms with E-state index in [1.807, 2.05) is 30.3 Å². The molecule has 2 fully saturated rings. The van der Waals surface area contributed by atoms with Crippen molar-refractivity contribution >= 4 is 12.1 Å². The molecule has 0 saturated carbocycles. The predicted molar refractivity (Wildman–Crippen MR) is 73.0 cm³/mol. The van der Waals surface area contributed by atoms with Crippen molar-refractivity contribution in [2.45, 2.75) is 44.4 Å². The SMILES string of the molecule is O=C([O-])C1CC2CCC(C1)N2C(=O)OCc1ccccc1. The van der Waals surface area contributed by atoms with E-state index in [0.717, 1.165) is 18.4 Å². The van der Waals surface area contributed by atoms with Crippen molar-refractivity contribution in [1.29, 1.82) is 0 Å². The van der Waals surface area contributed by atoms with E-state index in [0.29, 0.717) is 12.8 Å². The smallest absolute Gasteiger partial charge is 0.410 e. The quantitative estimate of drug-likeness (QED) is 0.841. The number of carboxylic acids is 1. The summed E-state index contributed by atoms with van der Waals surface area (Å²) in [6, 6.07) is 9.49. The van der Waals surface area contributed by atoms with E-state index in [2.05, 4.69) is 0 Å². The van der Waals surface area contributed by atoms with Crippen LogP contribution >= 0.6 is 0 Å². The molecule has 2 aliphatic rings. The van der Waals surface area contributed by atoms with Crippen molar-refractivity contribution in [2.75, 3.05) is 0 Å². The van der Waals surface area contributed by atoms with E-state index in [1.165, 1.54) is 0 Å². The molecule has 0 spiro atoms. The van der Waals surface area contributed by atoms with Crippen LogP contribution in [0.5, 0.6) is 0 Å². The first kappa shape index (κ1) is 13.9. The molecule has 1 aromatic rings. The van der Waals surface area contributed by atoms with Gasteiger partial charge in [-0.15, -0.1) is 0 Å². The lowest BCUT2D eigenvalue weighted by molar-refractivity contribution is -0.313. The minimum atomic E-state index is -0.996. The summed E-state index contributed by atoms with van der Waals surface area (Å²) in [6.45, 7) is 0.250. The first-order valence-corrected chi connectivity index (χ1v) is 7.35. The van der Waals surface area contributed by atoms with Crippen LogP contribution in [0.15, 0.2) is 30.3 Å². The van der Waals surface area contributed by atoms with E-state index in [9.17, 15) is 14.7 Å². The third-order valence-electron chi connectivity index (χ3n) is 4.48. The summed E-state index contributed by atoms with van der Waals surface area (Å²) >= 11 is 0. The van der Waals surface area contributed by atoms with Gasteiger partial charge in [-0.25, -0.2) is 4.79 Å². The maximum atomic E-state index is 12.2. The second-order valence-electron chi connectivity index (χ2n) is 5.82. The molecule has 3 rings (SSSR count). The van der Waals surface area contributed by atoms with Gasteiger partial charge in [-0.2, -0.15) is 0 Å². The highest BCUT2D eigenvalue weighted by atomic mass is 16.6. The van der Waals surface area contributed by atoms with E-state index in [-0.39, 0.29) is 24.8 Å². The number of aliphatic carboxylic acids is 1. The summed E-state index contributed by atoms with van der Waals surface area (Å²) < 4.78 is 5.37. The van der Waals surface area contributed by atoms with Crippen LogP contribution < -0.4 is 5.11 Å². The Bertz CT molecular complexity index is 516. The van der Waals surface area contributed by atoms with Gasteiger partial charge < -0.3 is 19.5 Å². The number of ether oxygens (including phenoxy) is 1. The second kappa shape index (κ2) is 5.76. The van der Waals surface area contributed by atoms with Crippen LogP contribution in [-0.2, 0) is 16.1 Å². The van der Waals surface area contributed by atoms with Gasteiger partial charge in [0.25, 0.3) is 0 Å². The molecule has 0 N–H and O–H groups in total. The summed E-state index contributed by atoms with van der Waals surface area (Å²) in [5, 5.41) is 11.0. The van der Waals surface area contributed by atoms with Crippen molar-refractivity contribution in [2.24, 2.45) is 5.92 Å². The van der Waals surface area contributed by atoms with Gasteiger partial charge in [0.15, 0.2) is 0 Å². The number of fused-ring (bicyclic) bond motifs is 2. The number of amides is 1. The number of carbonyl (C=O) groups is 2. The Kier molecular flexibility index (Phi) is 3.82. The molecule has 5 nitrogen and oxygen atoms in total. The molecule has 0 aliphatic carbocycles.